The summed E-state index contributed by atoms with van der Waals surface area (Å²) in [4.78, 5) is 12.2. The van der Waals surface area contributed by atoms with E-state index in [9.17, 15) is 13.6 Å². The van der Waals surface area contributed by atoms with Crippen molar-refractivity contribution in [1.29, 1.82) is 0 Å². The maximum Gasteiger partial charge on any atom is 0.237 e. The summed E-state index contributed by atoms with van der Waals surface area (Å²) in [6, 6.07) is 3.85. The van der Waals surface area contributed by atoms with Crippen molar-refractivity contribution in [1.82, 2.24) is 5.32 Å². The van der Waals surface area contributed by atoms with Crippen LogP contribution in [0.2, 0.25) is 0 Å². The maximum absolute atomic E-state index is 13.1. The molecule has 0 bridgehead atoms. The molecule has 1 aromatic carbocycles. The van der Waals surface area contributed by atoms with Crippen LogP contribution in [0.5, 0.6) is 0 Å². The first kappa shape index (κ1) is 17.9. The van der Waals surface area contributed by atoms with E-state index in [4.69, 9.17) is 5.73 Å². The highest BCUT2D eigenvalue weighted by Gasteiger charge is 2.29. The van der Waals surface area contributed by atoms with E-state index in [1.165, 1.54) is 17.8 Å². The molecule has 0 saturated carbocycles. The van der Waals surface area contributed by atoms with Gasteiger partial charge >= 0.3 is 0 Å². The summed E-state index contributed by atoms with van der Waals surface area (Å²) in [6.07, 6.45) is 2.28. The zero-order chi connectivity index (χ0) is 15.9. The summed E-state index contributed by atoms with van der Waals surface area (Å²) in [5.41, 5.74) is 4.72. The average molecular weight is 316 g/mol. The second-order valence-corrected chi connectivity index (χ2v) is 6.32. The molecule has 0 fully saturated rings. The summed E-state index contributed by atoms with van der Waals surface area (Å²) >= 11 is 1.43. The molecule has 1 aromatic rings. The lowest BCUT2D eigenvalue weighted by Gasteiger charge is -2.27. The van der Waals surface area contributed by atoms with E-state index in [1.54, 1.807) is 13.0 Å². The molecule has 0 radical (unpaired) electrons. The van der Waals surface area contributed by atoms with Crippen molar-refractivity contribution >= 4 is 17.7 Å². The standard InChI is InChI=1S/C15H22F2N2OS/c1-3-8-19-15(2,14(18)20)7-4-9-21-11-5-6-12(16)13(17)10-11/h5-6,10,19H,3-4,7-9H2,1-2H3,(H2,18,20). The third-order valence-corrected chi connectivity index (χ3v) is 4.37. The summed E-state index contributed by atoms with van der Waals surface area (Å²) < 4.78 is 25.9. The van der Waals surface area contributed by atoms with Gasteiger partial charge in [-0.2, -0.15) is 0 Å². The van der Waals surface area contributed by atoms with Crippen molar-refractivity contribution < 1.29 is 13.6 Å². The number of amides is 1. The molecule has 0 aliphatic rings. The van der Waals surface area contributed by atoms with Crippen molar-refractivity contribution in [3.8, 4) is 0 Å². The highest BCUT2D eigenvalue weighted by Crippen LogP contribution is 2.23. The molecule has 6 heteroatoms. The van der Waals surface area contributed by atoms with Gasteiger partial charge in [0.05, 0.1) is 5.54 Å². The highest BCUT2D eigenvalue weighted by molar-refractivity contribution is 7.99. The minimum absolute atomic E-state index is 0.367. The van der Waals surface area contributed by atoms with E-state index in [0.717, 1.165) is 25.5 Å². The van der Waals surface area contributed by atoms with Gasteiger partial charge in [-0.05, 0) is 56.7 Å². The molecule has 3 nitrogen and oxygen atoms in total. The van der Waals surface area contributed by atoms with Crippen LogP contribution in [0.3, 0.4) is 0 Å². The third-order valence-electron chi connectivity index (χ3n) is 3.29. The molecule has 0 aromatic heterocycles. The smallest absolute Gasteiger partial charge is 0.237 e. The van der Waals surface area contributed by atoms with E-state index in [0.29, 0.717) is 17.1 Å². The van der Waals surface area contributed by atoms with E-state index in [2.05, 4.69) is 5.32 Å². The number of nitrogens with two attached hydrogens (primary N) is 1. The molecular weight excluding hydrogens is 294 g/mol. The Morgan fingerprint density at radius 3 is 2.67 bits per heavy atom. The number of rotatable bonds is 9. The molecule has 0 saturated heterocycles. The van der Waals surface area contributed by atoms with Gasteiger partial charge < -0.3 is 11.1 Å². The Bertz CT molecular complexity index is 485. The predicted octanol–water partition coefficient (Wildman–Crippen LogP) is 3.08. The zero-order valence-electron chi connectivity index (χ0n) is 12.4. The van der Waals surface area contributed by atoms with Crippen LogP contribution in [0.1, 0.15) is 33.1 Å². The van der Waals surface area contributed by atoms with Crippen molar-refractivity contribution in [3.05, 3.63) is 29.8 Å². The second-order valence-electron chi connectivity index (χ2n) is 5.15. The number of hydrogen-bond acceptors (Lipinski definition) is 3. The topological polar surface area (TPSA) is 55.1 Å². The number of thioether (sulfide) groups is 1. The summed E-state index contributed by atoms with van der Waals surface area (Å²) in [7, 11) is 0. The minimum Gasteiger partial charge on any atom is -0.368 e. The second kappa shape index (κ2) is 8.34. The van der Waals surface area contributed by atoms with Gasteiger partial charge in [-0.25, -0.2) is 8.78 Å². The Labute approximate surface area is 128 Å². The van der Waals surface area contributed by atoms with Crippen molar-refractivity contribution in [2.75, 3.05) is 12.3 Å². The Morgan fingerprint density at radius 1 is 1.38 bits per heavy atom. The van der Waals surface area contributed by atoms with Gasteiger partial charge in [-0.3, -0.25) is 4.79 Å². The van der Waals surface area contributed by atoms with Gasteiger partial charge in [-0.15, -0.1) is 11.8 Å². The van der Waals surface area contributed by atoms with Crippen LogP contribution in [-0.2, 0) is 4.79 Å². The van der Waals surface area contributed by atoms with Crippen LogP contribution in [-0.4, -0.2) is 23.7 Å². The fraction of sp³-hybridized carbons (Fsp3) is 0.533. The SMILES string of the molecule is CCCNC(C)(CCCSc1ccc(F)c(F)c1)C(N)=O. The van der Waals surface area contributed by atoms with Crippen LogP contribution in [0.4, 0.5) is 8.78 Å². The molecule has 1 rings (SSSR count). The van der Waals surface area contributed by atoms with Crippen LogP contribution >= 0.6 is 11.8 Å². The third kappa shape index (κ3) is 5.63. The molecule has 0 heterocycles. The van der Waals surface area contributed by atoms with E-state index >= 15 is 0 Å². The Morgan fingerprint density at radius 2 is 2.10 bits per heavy atom. The fourth-order valence-electron chi connectivity index (χ4n) is 1.88. The lowest BCUT2D eigenvalue weighted by molar-refractivity contribution is -0.124. The predicted molar refractivity (Wildman–Crippen MR) is 82.2 cm³/mol. The number of benzene rings is 1. The van der Waals surface area contributed by atoms with Crippen LogP contribution in [0.15, 0.2) is 23.1 Å². The Hall–Kier alpha value is -1.14. The van der Waals surface area contributed by atoms with Crippen LogP contribution in [0.25, 0.3) is 0 Å². The summed E-state index contributed by atoms with van der Waals surface area (Å²) in [5, 5.41) is 3.17. The molecule has 1 atom stereocenters. The number of primary amides is 1. The van der Waals surface area contributed by atoms with E-state index < -0.39 is 17.2 Å². The Kier molecular flexibility index (Phi) is 7.11. The van der Waals surface area contributed by atoms with Crippen molar-refractivity contribution in [3.63, 3.8) is 0 Å². The molecular formula is C15H22F2N2OS. The molecule has 21 heavy (non-hydrogen) atoms. The fourth-order valence-corrected chi connectivity index (χ4v) is 2.76. The van der Waals surface area contributed by atoms with E-state index in [1.807, 2.05) is 6.92 Å². The lowest BCUT2D eigenvalue weighted by Crippen LogP contribution is -2.53. The van der Waals surface area contributed by atoms with Crippen molar-refractivity contribution in [2.45, 2.75) is 43.5 Å². The van der Waals surface area contributed by atoms with Gasteiger partial charge in [0, 0.05) is 4.90 Å². The first-order valence-corrected chi connectivity index (χ1v) is 8.00. The molecule has 0 spiro atoms. The monoisotopic (exact) mass is 316 g/mol. The maximum atomic E-state index is 13.1. The van der Waals surface area contributed by atoms with Gasteiger partial charge in [-0.1, -0.05) is 6.92 Å². The first-order chi connectivity index (χ1) is 9.89. The largest absolute Gasteiger partial charge is 0.368 e. The van der Waals surface area contributed by atoms with Crippen LogP contribution < -0.4 is 11.1 Å². The molecule has 1 amide bonds. The van der Waals surface area contributed by atoms with Gasteiger partial charge in [0.2, 0.25) is 5.91 Å². The summed E-state index contributed by atoms with van der Waals surface area (Å²) in [6.45, 7) is 4.55. The van der Waals surface area contributed by atoms with Gasteiger partial charge in [0.25, 0.3) is 0 Å². The minimum atomic E-state index is -0.843. The van der Waals surface area contributed by atoms with Gasteiger partial charge in [0.15, 0.2) is 11.6 Å². The molecule has 0 aliphatic carbocycles. The number of carbonyl (C=O) groups excluding carboxylic acids is 1. The quantitative estimate of drug-likeness (QED) is 0.544. The zero-order valence-corrected chi connectivity index (χ0v) is 13.2. The lowest BCUT2D eigenvalue weighted by atomic mass is 9.95. The molecule has 1 unspecified atom stereocenters. The number of hydrogen-bond donors (Lipinski definition) is 2. The van der Waals surface area contributed by atoms with Crippen molar-refractivity contribution in [2.24, 2.45) is 5.73 Å². The van der Waals surface area contributed by atoms with Crippen LogP contribution in [0, 0.1) is 11.6 Å². The Balaban J connectivity index is 2.43. The van der Waals surface area contributed by atoms with E-state index in [-0.39, 0.29) is 5.91 Å². The number of nitrogens with one attached hydrogen (secondary N) is 1. The van der Waals surface area contributed by atoms with Gasteiger partial charge in [0.1, 0.15) is 0 Å². The highest BCUT2D eigenvalue weighted by atomic mass is 32.2. The molecule has 118 valence electrons. The number of halogens is 2. The first-order valence-electron chi connectivity index (χ1n) is 7.02. The normalized spacial score (nSPS) is 13.9. The molecule has 3 N–H and O–H groups in total. The average Bonchev–Trinajstić information content (AvgIpc) is 2.45. The number of carbonyl (C=O) groups is 1. The summed E-state index contributed by atoms with van der Waals surface area (Å²) in [5.74, 6) is -1.34. The molecule has 0 aliphatic heterocycles.